The fourth-order valence-corrected chi connectivity index (χ4v) is 3.89. The Morgan fingerprint density at radius 1 is 1.38 bits per heavy atom. The standard InChI is InChI=1S/C20H27N3O2S/c1-3-10-23(17-8-9-21-12-17)20(24)11-16-14-26-19(22-16)13-25-18-6-4-15(2)5-7-18/h4-7,14,17,21H,3,8-13H2,1-2H3. The predicted molar refractivity (Wildman–Crippen MR) is 105 cm³/mol. The molecule has 1 aliphatic heterocycles. The number of carbonyl (C=O) groups excluding carboxylic acids is 1. The first-order valence-electron chi connectivity index (χ1n) is 9.28. The Morgan fingerprint density at radius 3 is 2.88 bits per heavy atom. The third-order valence-electron chi connectivity index (χ3n) is 4.57. The van der Waals surface area contributed by atoms with Gasteiger partial charge in [0.2, 0.25) is 5.91 Å². The zero-order valence-electron chi connectivity index (χ0n) is 15.5. The molecule has 2 heterocycles. The van der Waals surface area contributed by atoms with Crippen LogP contribution in [0, 0.1) is 6.92 Å². The lowest BCUT2D eigenvalue weighted by molar-refractivity contribution is -0.132. The van der Waals surface area contributed by atoms with E-state index in [0.717, 1.165) is 48.9 Å². The van der Waals surface area contributed by atoms with Gasteiger partial charge in [-0.1, -0.05) is 24.6 Å². The van der Waals surface area contributed by atoms with E-state index >= 15 is 0 Å². The molecule has 1 amide bonds. The molecule has 2 aromatic rings. The van der Waals surface area contributed by atoms with Crippen LogP contribution in [0.5, 0.6) is 5.75 Å². The van der Waals surface area contributed by atoms with Crippen LogP contribution in [0.2, 0.25) is 0 Å². The summed E-state index contributed by atoms with van der Waals surface area (Å²) in [4.78, 5) is 19.4. The molecule has 1 N–H and O–H groups in total. The van der Waals surface area contributed by atoms with Crippen LogP contribution in [0.15, 0.2) is 29.6 Å². The molecule has 5 nitrogen and oxygen atoms in total. The molecule has 0 aliphatic carbocycles. The number of nitrogens with zero attached hydrogens (tertiary/aromatic N) is 2. The summed E-state index contributed by atoms with van der Waals surface area (Å²) in [6, 6.07) is 8.31. The zero-order valence-corrected chi connectivity index (χ0v) is 16.3. The molecule has 1 saturated heterocycles. The van der Waals surface area contributed by atoms with Crippen LogP contribution in [0.1, 0.15) is 36.0 Å². The quantitative estimate of drug-likeness (QED) is 0.772. The van der Waals surface area contributed by atoms with Crippen molar-refractivity contribution in [1.29, 1.82) is 0 Å². The second kappa shape index (κ2) is 9.14. The maximum Gasteiger partial charge on any atom is 0.228 e. The first-order valence-corrected chi connectivity index (χ1v) is 10.2. The number of aryl methyl sites for hydroxylation is 1. The van der Waals surface area contributed by atoms with E-state index in [9.17, 15) is 4.79 Å². The van der Waals surface area contributed by atoms with E-state index in [-0.39, 0.29) is 5.91 Å². The normalized spacial score (nSPS) is 16.6. The topological polar surface area (TPSA) is 54.5 Å². The molecule has 1 aliphatic rings. The van der Waals surface area contributed by atoms with E-state index in [1.165, 1.54) is 5.56 Å². The lowest BCUT2D eigenvalue weighted by Crippen LogP contribution is -2.42. The maximum absolute atomic E-state index is 12.7. The Bertz CT molecular complexity index is 708. The van der Waals surface area contributed by atoms with Crippen molar-refractivity contribution >= 4 is 17.2 Å². The van der Waals surface area contributed by atoms with Crippen LogP contribution in [0.25, 0.3) is 0 Å². The number of aromatic nitrogens is 1. The van der Waals surface area contributed by atoms with Crippen molar-refractivity contribution in [3.05, 3.63) is 45.9 Å². The molecule has 1 aromatic carbocycles. The molecule has 26 heavy (non-hydrogen) atoms. The summed E-state index contributed by atoms with van der Waals surface area (Å²) in [5.41, 5.74) is 2.05. The Morgan fingerprint density at radius 2 is 2.19 bits per heavy atom. The van der Waals surface area contributed by atoms with E-state index in [1.54, 1.807) is 11.3 Å². The van der Waals surface area contributed by atoms with Crippen molar-refractivity contribution in [3.8, 4) is 5.75 Å². The average molecular weight is 374 g/mol. The highest BCUT2D eigenvalue weighted by Crippen LogP contribution is 2.18. The molecule has 1 fully saturated rings. The second-order valence-electron chi connectivity index (χ2n) is 6.74. The van der Waals surface area contributed by atoms with Gasteiger partial charge < -0.3 is 15.0 Å². The van der Waals surface area contributed by atoms with E-state index in [0.29, 0.717) is 19.1 Å². The molecular weight excluding hydrogens is 346 g/mol. The number of amides is 1. The minimum absolute atomic E-state index is 0.178. The van der Waals surface area contributed by atoms with Gasteiger partial charge in [-0.2, -0.15) is 0 Å². The molecular formula is C20H27N3O2S. The Kier molecular flexibility index (Phi) is 6.63. The average Bonchev–Trinajstić information content (AvgIpc) is 3.31. The molecule has 0 saturated carbocycles. The number of nitrogens with one attached hydrogen (secondary N) is 1. The molecule has 6 heteroatoms. The minimum atomic E-state index is 0.178. The van der Waals surface area contributed by atoms with Crippen molar-refractivity contribution in [2.45, 2.75) is 45.8 Å². The summed E-state index contributed by atoms with van der Waals surface area (Å²) in [7, 11) is 0. The maximum atomic E-state index is 12.7. The Hall–Kier alpha value is -1.92. The first kappa shape index (κ1) is 18.9. The monoisotopic (exact) mass is 373 g/mol. The van der Waals surface area contributed by atoms with Gasteiger partial charge >= 0.3 is 0 Å². The third kappa shape index (κ3) is 5.05. The van der Waals surface area contributed by atoms with Crippen molar-refractivity contribution in [2.75, 3.05) is 19.6 Å². The Labute approximate surface area is 159 Å². The van der Waals surface area contributed by atoms with E-state index in [4.69, 9.17) is 4.74 Å². The SMILES string of the molecule is CCCN(C(=O)Cc1csc(COc2ccc(C)cc2)n1)C1CCNC1. The smallest absolute Gasteiger partial charge is 0.228 e. The molecule has 1 atom stereocenters. The van der Waals surface area contributed by atoms with Crippen molar-refractivity contribution < 1.29 is 9.53 Å². The fourth-order valence-electron chi connectivity index (χ4n) is 3.19. The van der Waals surface area contributed by atoms with Crippen LogP contribution < -0.4 is 10.1 Å². The van der Waals surface area contributed by atoms with Crippen LogP contribution in [-0.2, 0) is 17.8 Å². The fraction of sp³-hybridized carbons (Fsp3) is 0.500. The van der Waals surface area contributed by atoms with Gasteiger partial charge in [0.1, 0.15) is 17.4 Å². The molecule has 0 spiro atoms. The van der Waals surface area contributed by atoms with Gasteiger partial charge in [0.25, 0.3) is 0 Å². The van der Waals surface area contributed by atoms with Crippen LogP contribution in [0.4, 0.5) is 0 Å². The second-order valence-corrected chi connectivity index (χ2v) is 7.69. The van der Waals surface area contributed by atoms with Gasteiger partial charge in [-0.25, -0.2) is 4.98 Å². The molecule has 3 rings (SSSR count). The van der Waals surface area contributed by atoms with Gasteiger partial charge in [0, 0.05) is 24.5 Å². The number of benzene rings is 1. The third-order valence-corrected chi connectivity index (χ3v) is 5.45. The number of hydrogen-bond donors (Lipinski definition) is 1. The number of rotatable bonds is 8. The summed E-state index contributed by atoms with van der Waals surface area (Å²) >= 11 is 1.55. The summed E-state index contributed by atoms with van der Waals surface area (Å²) < 4.78 is 5.78. The van der Waals surface area contributed by atoms with E-state index in [1.807, 2.05) is 34.5 Å². The summed E-state index contributed by atoms with van der Waals surface area (Å²) in [6.45, 7) is 7.32. The van der Waals surface area contributed by atoms with Crippen molar-refractivity contribution in [3.63, 3.8) is 0 Å². The molecule has 1 unspecified atom stereocenters. The van der Waals surface area contributed by atoms with Gasteiger partial charge in [-0.3, -0.25) is 4.79 Å². The van der Waals surface area contributed by atoms with Gasteiger partial charge in [0.05, 0.1) is 12.1 Å². The summed E-state index contributed by atoms with van der Waals surface area (Å²) in [5, 5.41) is 6.22. The van der Waals surface area contributed by atoms with E-state index in [2.05, 4.69) is 24.1 Å². The molecule has 0 radical (unpaired) electrons. The number of hydrogen-bond acceptors (Lipinski definition) is 5. The first-order chi connectivity index (χ1) is 12.7. The lowest BCUT2D eigenvalue weighted by atomic mass is 10.2. The van der Waals surface area contributed by atoms with Gasteiger partial charge in [0.15, 0.2) is 0 Å². The summed E-state index contributed by atoms with van der Waals surface area (Å²) in [5.74, 6) is 1.02. The Balaban J connectivity index is 1.54. The predicted octanol–water partition coefficient (Wildman–Crippen LogP) is 3.17. The molecule has 1 aromatic heterocycles. The molecule has 140 valence electrons. The van der Waals surface area contributed by atoms with Crippen LogP contribution >= 0.6 is 11.3 Å². The van der Waals surface area contributed by atoms with E-state index < -0.39 is 0 Å². The lowest BCUT2D eigenvalue weighted by Gasteiger charge is -2.28. The van der Waals surface area contributed by atoms with Gasteiger partial charge in [-0.15, -0.1) is 11.3 Å². The zero-order chi connectivity index (χ0) is 18.4. The van der Waals surface area contributed by atoms with Crippen molar-refractivity contribution in [2.24, 2.45) is 0 Å². The highest BCUT2D eigenvalue weighted by atomic mass is 32.1. The molecule has 0 bridgehead atoms. The van der Waals surface area contributed by atoms with Crippen LogP contribution in [-0.4, -0.2) is 41.5 Å². The highest BCUT2D eigenvalue weighted by molar-refractivity contribution is 7.09. The number of thiazole rings is 1. The van der Waals surface area contributed by atoms with Gasteiger partial charge in [-0.05, 0) is 38.4 Å². The largest absolute Gasteiger partial charge is 0.486 e. The number of ether oxygens (including phenoxy) is 1. The summed E-state index contributed by atoms with van der Waals surface area (Å²) in [6.07, 6.45) is 2.39. The highest BCUT2D eigenvalue weighted by Gasteiger charge is 2.26. The minimum Gasteiger partial charge on any atom is -0.486 e. The van der Waals surface area contributed by atoms with Crippen molar-refractivity contribution in [1.82, 2.24) is 15.2 Å². The van der Waals surface area contributed by atoms with Crippen LogP contribution in [0.3, 0.4) is 0 Å². The number of carbonyl (C=O) groups is 1.